The number of hydrogen-bond acceptors (Lipinski definition) is 4. The Kier molecular flexibility index (Phi) is 5.54. The van der Waals surface area contributed by atoms with Crippen molar-refractivity contribution in [3.8, 4) is 11.3 Å². The molecule has 0 aliphatic rings. The minimum atomic E-state index is -0.0780. The fourth-order valence-electron chi connectivity index (χ4n) is 3.50. The van der Waals surface area contributed by atoms with Gasteiger partial charge in [-0.05, 0) is 50.7 Å². The Morgan fingerprint density at radius 3 is 2.55 bits per heavy atom. The largest absolute Gasteiger partial charge is 0.282 e. The first-order valence-corrected chi connectivity index (χ1v) is 10.6. The minimum Gasteiger partial charge on any atom is -0.282 e. The summed E-state index contributed by atoms with van der Waals surface area (Å²) in [6.07, 6.45) is 0. The number of nitrogens with zero attached hydrogens (tertiary/aromatic N) is 3. The third-order valence-corrected chi connectivity index (χ3v) is 6.16. The zero-order valence-electron chi connectivity index (χ0n) is 16.6. The molecule has 0 aliphatic heterocycles. The Morgan fingerprint density at radius 1 is 1.07 bits per heavy atom. The summed E-state index contributed by atoms with van der Waals surface area (Å²) >= 11 is 7.60. The number of aryl methyl sites for hydroxylation is 2. The first-order chi connectivity index (χ1) is 13.9. The van der Waals surface area contributed by atoms with Crippen LogP contribution < -0.4 is 5.56 Å². The Bertz CT molecular complexity index is 1240. The Labute approximate surface area is 179 Å². The topological polar surface area (TPSA) is 38.1 Å². The average Bonchev–Trinajstić information content (AvgIpc) is 3.10. The van der Waals surface area contributed by atoms with Gasteiger partial charge in [-0.1, -0.05) is 47.5 Å². The van der Waals surface area contributed by atoms with Gasteiger partial charge < -0.3 is 0 Å². The van der Waals surface area contributed by atoms with Crippen molar-refractivity contribution in [2.45, 2.75) is 27.1 Å². The number of hydrogen-bond donors (Lipinski definition) is 0. The molecule has 0 radical (unpaired) electrons. The summed E-state index contributed by atoms with van der Waals surface area (Å²) in [5, 5.41) is 6.37. The van der Waals surface area contributed by atoms with Crippen LogP contribution >= 0.6 is 22.9 Å². The minimum absolute atomic E-state index is 0.0780. The zero-order valence-corrected chi connectivity index (χ0v) is 18.2. The third kappa shape index (κ3) is 4.13. The van der Waals surface area contributed by atoms with Gasteiger partial charge in [0.2, 0.25) is 0 Å². The van der Waals surface area contributed by atoms with Crippen LogP contribution in [0.5, 0.6) is 0 Å². The molecule has 0 saturated heterocycles. The van der Waals surface area contributed by atoms with Crippen molar-refractivity contribution < 1.29 is 0 Å². The molecule has 0 bridgehead atoms. The van der Waals surface area contributed by atoms with E-state index in [4.69, 9.17) is 16.7 Å². The van der Waals surface area contributed by atoms with Crippen molar-refractivity contribution in [1.82, 2.24) is 14.7 Å². The summed E-state index contributed by atoms with van der Waals surface area (Å²) in [5.41, 5.74) is 4.13. The molecule has 0 saturated carbocycles. The summed E-state index contributed by atoms with van der Waals surface area (Å²) in [4.78, 5) is 16.3. The van der Waals surface area contributed by atoms with E-state index >= 15 is 0 Å². The van der Waals surface area contributed by atoms with Gasteiger partial charge in [-0.25, -0.2) is 4.68 Å². The molecule has 0 unspecified atom stereocenters. The lowest BCUT2D eigenvalue weighted by Gasteiger charge is -2.18. The lowest BCUT2D eigenvalue weighted by atomic mass is 9.99. The predicted molar refractivity (Wildman–Crippen MR) is 122 cm³/mol. The molecule has 0 amide bonds. The van der Waals surface area contributed by atoms with E-state index in [2.05, 4.69) is 36.9 Å². The van der Waals surface area contributed by atoms with Gasteiger partial charge in [0, 0.05) is 22.4 Å². The van der Waals surface area contributed by atoms with Crippen LogP contribution in [0, 0.1) is 13.8 Å². The van der Waals surface area contributed by atoms with Crippen LogP contribution in [-0.4, -0.2) is 21.7 Å². The molecule has 2 aromatic carbocycles. The monoisotopic (exact) mass is 423 g/mol. The molecule has 4 nitrogen and oxygen atoms in total. The van der Waals surface area contributed by atoms with Crippen molar-refractivity contribution in [3.05, 3.63) is 85.3 Å². The fourth-order valence-corrected chi connectivity index (χ4v) is 4.67. The van der Waals surface area contributed by atoms with Crippen LogP contribution in [0.4, 0.5) is 0 Å². The van der Waals surface area contributed by atoms with E-state index in [9.17, 15) is 4.79 Å². The molecule has 4 aromatic rings. The SMILES string of the molecule is Cc1ccc(C)c(-c2nn(CN(C)Cc3ccc(Cl)s3)c(=O)c3ccccc23)c1. The first kappa shape index (κ1) is 19.8. The van der Waals surface area contributed by atoms with Gasteiger partial charge in [0.25, 0.3) is 5.56 Å². The second kappa shape index (κ2) is 8.11. The van der Waals surface area contributed by atoms with Gasteiger partial charge in [-0.2, -0.15) is 5.10 Å². The van der Waals surface area contributed by atoms with Crippen LogP contribution in [0.2, 0.25) is 4.34 Å². The smallest absolute Gasteiger partial charge is 0.275 e. The molecule has 0 spiro atoms. The summed E-state index contributed by atoms with van der Waals surface area (Å²) in [7, 11) is 1.98. The van der Waals surface area contributed by atoms with Gasteiger partial charge in [-0.3, -0.25) is 9.69 Å². The van der Waals surface area contributed by atoms with Crippen LogP contribution in [-0.2, 0) is 13.2 Å². The molecule has 2 aromatic heterocycles. The second-order valence-electron chi connectivity index (χ2n) is 7.38. The van der Waals surface area contributed by atoms with Crippen LogP contribution in [0.25, 0.3) is 22.0 Å². The van der Waals surface area contributed by atoms with Gasteiger partial charge in [0.1, 0.15) is 0 Å². The first-order valence-electron chi connectivity index (χ1n) is 9.42. The molecule has 0 N–H and O–H groups in total. The highest BCUT2D eigenvalue weighted by Crippen LogP contribution is 2.28. The van der Waals surface area contributed by atoms with E-state index in [0.29, 0.717) is 18.6 Å². The van der Waals surface area contributed by atoms with E-state index in [1.807, 2.05) is 43.4 Å². The highest BCUT2D eigenvalue weighted by atomic mass is 35.5. The lowest BCUT2D eigenvalue weighted by molar-refractivity contribution is 0.243. The number of fused-ring (bicyclic) bond motifs is 1. The summed E-state index contributed by atoms with van der Waals surface area (Å²) in [6.45, 7) is 5.25. The van der Waals surface area contributed by atoms with Gasteiger partial charge in [0.15, 0.2) is 0 Å². The van der Waals surface area contributed by atoms with E-state index in [1.54, 1.807) is 16.0 Å². The summed E-state index contributed by atoms with van der Waals surface area (Å²) in [6, 6.07) is 18.0. The van der Waals surface area contributed by atoms with Crippen molar-refractivity contribution >= 4 is 33.7 Å². The highest BCUT2D eigenvalue weighted by Gasteiger charge is 2.15. The molecule has 29 heavy (non-hydrogen) atoms. The molecule has 0 atom stereocenters. The third-order valence-electron chi connectivity index (χ3n) is 4.95. The second-order valence-corrected chi connectivity index (χ2v) is 9.18. The lowest BCUT2D eigenvalue weighted by Crippen LogP contribution is -2.31. The van der Waals surface area contributed by atoms with Crippen LogP contribution in [0.3, 0.4) is 0 Å². The van der Waals surface area contributed by atoms with Crippen LogP contribution in [0.1, 0.15) is 16.0 Å². The van der Waals surface area contributed by atoms with Gasteiger partial charge in [0.05, 0.1) is 22.1 Å². The zero-order chi connectivity index (χ0) is 20.5. The highest BCUT2D eigenvalue weighted by molar-refractivity contribution is 7.16. The van der Waals surface area contributed by atoms with Gasteiger partial charge in [-0.15, -0.1) is 11.3 Å². The normalized spacial score (nSPS) is 11.5. The quantitative estimate of drug-likeness (QED) is 0.426. The maximum absolute atomic E-state index is 13.1. The standard InChI is InChI=1S/C23H22ClN3OS/c1-15-8-9-16(2)20(12-15)22-18-6-4-5-7-19(18)23(28)27(25-22)14-26(3)13-17-10-11-21(24)29-17/h4-12H,13-14H2,1-3H3. The number of benzene rings is 2. The number of rotatable bonds is 5. The Morgan fingerprint density at radius 2 is 1.83 bits per heavy atom. The molecule has 4 rings (SSSR count). The van der Waals surface area contributed by atoms with Crippen molar-refractivity contribution in [3.63, 3.8) is 0 Å². The summed E-state index contributed by atoms with van der Waals surface area (Å²) < 4.78 is 2.33. The van der Waals surface area contributed by atoms with E-state index in [-0.39, 0.29) is 5.56 Å². The molecule has 6 heteroatoms. The Hall–Kier alpha value is -2.47. The Balaban J connectivity index is 1.79. The fraction of sp³-hybridized carbons (Fsp3) is 0.217. The van der Waals surface area contributed by atoms with Crippen LogP contribution in [0.15, 0.2) is 59.4 Å². The molecular formula is C23H22ClN3OS. The number of halogens is 1. The van der Waals surface area contributed by atoms with Crippen molar-refractivity contribution in [1.29, 1.82) is 0 Å². The van der Waals surface area contributed by atoms with Crippen molar-refractivity contribution in [2.24, 2.45) is 0 Å². The molecule has 148 valence electrons. The molecule has 0 fully saturated rings. The average molecular weight is 424 g/mol. The number of aromatic nitrogens is 2. The van der Waals surface area contributed by atoms with Gasteiger partial charge >= 0.3 is 0 Å². The van der Waals surface area contributed by atoms with E-state index in [0.717, 1.165) is 31.4 Å². The predicted octanol–water partition coefficient (Wildman–Crippen LogP) is 5.48. The molecular weight excluding hydrogens is 402 g/mol. The summed E-state index contributed by atoms with van der Waals surface area (Å²) in [5.74, 6) is 0. The maximum atomic E-state index is 13.1. The van der Waals surface area contributed by atoms with E-state index in [1.165, 1.54) is 5.56 Å². The maximum Gasteiger partial charge on any atom is 0.275 e. The van der Waals surface area contributed by atoms with E-state index < -0.39 is 0 Å². The molecule has 0 aliphatic carbocycles. The number of thiophene rings is 1. The van der Waals surface area contributed by atoms with Crippen molar-refractivity contribution in [2.75, 3.05) is 7.05 Å². The molecule has 2 heterocycles.